The molecule has 1 unspecified atom stereocenters. The van der Waals surface area contributed by atoms with Gasteiger partial charge in [-0.2, -0.15) is 5.26 Å². The molecule has 0 radical (unpaired) electrons. The number of rotatable bonds is 5. The lowest BCUT2D eigenvalue weighted by Crippen LogP contribution is -2.03. The molecule has 0 spiro atoms. The molecule has 0 aromatic rings. The molecule has 1 atom stereocenters. The molecule has 0 N–H and O–H groups in total. The van der Waals surface area contributed by atoms with E-state index in [1.54, 1.807) is 6.08 Å². The fourth-order valence-electron chi connectivity index (χ4n) is 0.464. The SMILES string of the molecule is C=CCCOCC(C)C#N. The summed E-state index contributed by atoms with van der Waals surface area (Å²) < 4.78 is 5.13. The maximum absolute atomic E-state index is 8.34. The summed E-state index contributed by atoms with van der Waals surface area (Å²) in [6, 6.07) is 2.09. The highest BCUT2D eigenvalue weighted by molar-refractivity contribution is 4.77. The van der Waals surface area contributed by atoms with Crippen molar-refractivity contribution < 1.29 is 4.74 Å². The van der Waals surface area contributed by atoms with E-state index in [2.05, 4.69) is 12.6 Å². The van der Waals surface area contributed by atoms with E-state index < -0.39 is 0 Å². The highest BCUT2D eigenvalue weighted by Crippen LogP contribution is 1.93. The normalized spacial score (nSPS) is 12.0. The number of hydrogen-bond acceptors (Lipinski definition) is 2. The summed E-state index contributed by atoms with van der Waals surface area (Å²) in [5.74, 6) is 0.00446. The molecule has 0 rings (SSSR count). The Balaban J connectivity index is 3.05. The summed E-state index contributed by atoms with van der Waals surface area (Å²) in [5, 5.41) is 8.34. The van der Waals surface area contributed by atoms with Crippen molar-refractivity contribution in [2.24, 2.45) is 5.92 Å². The molecule has 0 saturated carbocycles. The molecule has 10 heavy (non-hydrogen) atoms. The van der Waals surface area contributed by atoms with Gasteiger partial charge < -0.3 is 4.74 Å². The van der Waals surface area contributed by atoms with Gasteiger partial charge in [-0.3, -0.25) is 0 Å². The van der Waals surface area contributed by atoms with Gasteiger partial charge in [-0.05, 0) is 13.3 Å². The van der Waals surface area contributed by atoms with E-state index in [1.807, 2.05) is 6.92 Å². The van der Waals surface area contributed by atoms with Crippen molar-refractivity contribution in [1.29, 1.82) is 5.26 Å². The van der Waals surface area contributed by atoms with Crippen molar-refractivity contribution in [3.63, 3.8) is 0 Å². The Bertz CT molecular complexity index is 126. The fraction of sp³-hybridized carbons (Fsp3) is 0.625. The molecule has 0 heterocycles. The molecular formula is C8H13NO. The van der Waals surface area contributed by atoms with Crippen molar-refractivity contribution in [2.75, 3.05) is 13.2 Å². The van der Waals surface area contributed by atoms with Crippen LogP contribution in [0.4, 0.5) is 0 Å². The largest absolute Gasteiger partial charge is 0.380 e. The first-order chi connectivity index (χ1) is 4.81. The van der Waals surface area contributed by atoms with Crippen LogP contribution in [-0.4, -0.2) is 13.2 Å². The quantitative estimate of drug-likeness (QED) is 0.429. The van der Waals surface area contributed by atoms with E-state index in [0.29, 0.717) is 13.2 Å². The van der Waals surface area contributed by atoms with Gasteiger partial charge >= 0.3 is 0 Å². The average molecular weight is 139 g/mol. The molecular weight excluding hydrogens is 126 g/mol. The minimum Gasteiger partial charge on any atom is -0.380 e. The van der Waals surface area contributed by atoms with Crippen LogP contribution in [0, 0.1) is 17.2 Å². The second-order valence-corrected chi connectivity index (χ2v) is 2.18. The number of nitrogens with zero attached hydrogens (tertiary/aromatic N) is 1. The Kier molecular flexibility index (Phi) is 5.80. The number of ether oxygens (including phenoxy) is 1. The number of hydrogen-bond donors (Lipinski definition) is 0. The van der Waals surface area contributed by atoms with Crippen LogP contribution in [-0.2, 0) is 4.74 Å². The Morgan fingerprint density at radius 1 is 1.80 bits per heavy atom. The van der Waals surface area contributed by atoms with Crippen LogP contribution in [0.1, 0.15) is 13.3 Å². The summed E-state index contributed by atoms with van der Waals surface area (Å²) >= 11 is 0. The first-order valence-electron chi connectivity index (χ1n) is 3.39. The van der Waals surface area contributed by atoms with Crippen LogP contribution in [0.25, 0.3) is 0 Å². The third-order valence-corrected chi connectivity index (χ3v) is 1.05. The summed E-state index contributed by atoms with van der Waals surface area (Å²) in [4.78, 5) is 0. The Hall–Kier alpha value is -0.810. The standard InChI is InChI=1S/C8H13NO/c1-3-4-5-10-7-8(2)6-9/h3,8H,1,4-5,7H2,2H3. The zero-order valence-corrected chi connectivity index (χ0v) is 6.34. The van der Waals surface area contributed by atoms with Gasteiger partial charge in [0.1, 0.15) is 0 Å². The summed E-state index contributed by atoms with van der Waals surface area (Å²) in [6.07, 6.45) is 2.66. The van der Waals surface area contributed by atoms with Crippen LogP contribution in [0.3, 0.4) is 0 Å². The molecule has 0 aromatic heterocycles. The van der Waals surface area contributed by atoms with Crippen molar-refractivity contribution in [2.45, 2.75) is 13.3 Å². The predicted molar refractivity (Wildman–Crippen MR) is 40.4 cm³/mol. The monoisotopic (exact) mass is 139 g/mol. The molecule has 0 amide bonds. The van der Waals surface area contributed by atoms with Gasteiger partial charge in [-0.25, -0.2) is 0 Å². The zero-order chi connectivity index (χ0) is 7.82. The minimum atomic E-state index is 0.00446. The molecule has 0 aromatic carbocycles. The third-order valence-electron chi connectivity index (χ3n) is 1.05. The maximum Gasteiger partial charge on any atom is 0.0677 e. The Labute approximate surface area is 62.1 Å². The molecule has 0 aliphatic heterocycles. The highest BCUT2D eigenvalue weighted by atomic mass is 16.5. The summed E-state index contributed by atoms with van der Waals surface area (Å²) in [5.41, 5.74) is 0. The molecule has 2 heteroatoms. The molecule has 0 bridgehead atoms. The summed E-state index contributed by atoms with van der Waals surface area (Å²) in [7, 11) is 0. The van der Waals surface area contributed by atoms with Gasteiger partial charge in [0.15, 0.2) is 0 Å². The zero-order valence-electron chi connectivity index (χ0n) is 6.34. The second-order valence-electron chi connectivity index (χ2n) is 2.18. The van der Waals surface area contributed by atoms with E-state index in [9.17, 15) is 0 Å². The third kappa shape index (κ3) is 5.33. The van der Waals surface area contributed by atoms with E-state index in [-0.39, 0.29) is 5.92 Å². The molecule has 56 valence electrons. The highest BCUT2D eigenvalue weighted by Gasteiger charge is 1.96. The second kappa shape index (κ2) is 6.31. The predicted octanol–water partition coefficient (Wildman–Crippen LogP) is 1.74. The molecule has 0 aliphatic rings. The topological polar surface area (TPSA) is 33.0 Å². The van der Waals surface area contributed by atoms with Crippen molar-refractivity contribution in [1.82, 2.24) is 0 Å². The van der Waals surface area contributed by atoms with E-state index in [4.69, 9.17) is 10.00 Å². The van der Waals surface area contributed by atoms with Gasteiger partial charge in [-0.1, -0.05) is 6.08 Å². The van der Waals surface area contributed by atoms with Gasteiger partial charge in [0, 0.05) is 0 Å². The molecule has 0 saturated heterocycles. The van der Waals surface area contributed by atoms with E-state index in [1.165, 1.54) is 0 Å². The molecule has 0 aliphatic carbocycles. The Morgan fingerprint density at radius 2 is 2.50 bits per heavy atom. The Morgan fingerprint density at radius 3 is 3.00 bits per heavy atom. The summed E-state index contributed by atoms with van der Waals surface area (Å²) in [6.45, 7) is 6.60. The van der Waals surface area contributed by atoms with E-state index >= 15 is 0 Å². The van der Waals surface area contributed by atoms with Crippen LogP contribution in [0.5, 0.6) is 0 Å². The van der Waals surface area contributed by atoms with Crippen LogP contribution in [0.2, 0.25) is 0 Å². The van der Waals surface area contributed by atoms with Crippen molar-refractivity contribution >= 4 is 0 Å². The van der Waals surface area contributed by atoms with Crippen LogP contribution >= 0.6 is 0 Å². The molecule has 2 nitrogen and oxygen atoms in total. The first-order valence-corrected chi connectivity index (χ1v) is 3.39. The fourth-order valence-corrected chi connectivity index (χ4v) is 0.464. The van der Waals surface area contributed by atoms with Crippen molar-refractivity contribution in [3.8, 4) is 6.07 Å². The first kappa shape index (κ1) is 9.19. The van der Waals surface area contributed by atoms with Gasteiger partial charge in [0.05, 0.1) is 25.2 Å². The van der Waals surface area contributed by atoms with Crippen LogP contribution < -0.4 is 0 Å². The van der Waals surface area contributed by atoms with Crippen molar-refractivity contribution in [3.05, 3.63) is 12.7 Å². The lowest BCUT2D eigenvalue weighted by atomic mass is 10.2. The number of nitriles is 1. The lowest BCUT2D eigenvalue weighted by Gasteiger charge is -2.01. The van der Waals surface area contributed by atoms with Gasteiger partial charge in [0.2, 0.25) is 0 Å². The van der Waals surface area contributed by atoms with Gasteiger partial charge in [-0.15, -0.1) is 6.58 Å². The van der Waals surface area contributed by atoms with Gasteiger partial charge in [0.25, 0.3) is 0 Å². The lowest BCUT2D eigenvalue weighted by molar-refractivity contribution is 0.123. The molecule has 0 fully saturated rings. The average Bonchev–Trinajstić information content (AvgIpc) is 1.98. The minimum absolute atomic E-state index is 0.00446. The van der Waals surface area contributed by atoms with Crippen LogP contribution in [0.15, 0.2) is 12.7 Å². The maximum atomic E-state index is 8.34. The smallest absolute Gasteiger partial charge is 0.0677 e. The van der Waals surface area contributed by atoms with E-state index in [0.717, 1.165) is 6.42 Å².